The molecule has 0 aliphatic heterocycles. The van der Waals surface area contributed by atoms with Gasteiger partial charge in [0.1, 0.15) is 18.0 Å². The molecule has 0 spiro atoms. The van der Waals surface area contributed by atoms with Crippen molar-refractivity contribution in [1.29, 1.82) is 0 Å². The van der Waals surface area contributed by atoms with Crippen LogP contribution in [0.4, 0.5) is 23.4 Å². The van der Waals surface area contributed by atoms with Gasteiger partial charge in [-0.05, 0) is 29.8 Å². The Morgan fingerprint density at radius 2 is 1.78 bits per heavy atom. The molecule has 0 atom stereocenters. The van der Waals surface area contributed by atoms with Crippen LogP contribution in [-0.4, -0.2) is 9.97 Å². The molecule has 118 valence electrons. The molecule has 0 radical (unpaired) electrons. The van der Waals surface area contributed by atoms with Crippen LogP contribution in [0, 0.1) is 5.82 Å². The van der Waals surface area contributed by atoms with Crippen LogP contribution in [-0.2, 0) is 12.7 Å². The minimum Gasteiger partial charge on any atom is -0.365 e. The van der Waals surface area contributed by atoms with Crippen molar-refractivity contribution in [3.05, 3.63) is 65.7 Å². The monoisotopic (exact) mass is 321 g/mol. The summed E-state index contributed by atoms with van der Waals surface area (Å²) in [7, 11) is 0. The molecule has 0 bridgehead atoms. The number of hydrogen-bond donors (Lipinski definition) is 1. The Kier molecular flexibility index (Phi) is 3.85. The van der Waals surface area contributed by atoms with Crippen LogP contribution in [0.1, 0.15) is 11.1 Å². The maximum absolute atomic E-state index is 13.9. The molecule has 0 aliphatic carbocycles. The van der Waals surface area contributed by atoms with E-state index in [9.17, 15) is 17.6 Å². The van der Waals surface area contributed by atoms with Crippen molar-refractivity contribution in [3.63, 3.8) is 0 Å². The van der Waals surface area contributed by atoms with Crippen LogP contribution >= 0.6 is 0 Å². The van der Waals surface area contributed by atoms with Crippen molar-refractivity contribution in [2.75, 3.05) is 5.32 Å². The molecule has 1 heterocycles. The average Bonchev–Trinajstić information content (AvgIpc) is 2.52. The standard InChI is InChI=1S/C16H11F4N3/c17-12-5-2-6-13-14(12)15(23-9-22-13)21-8-10-3-1-4-11(7-10)16(18,19)20/h1-7,9H,8H2,(H,21,22,23). The molecule has 0 aliphatic rings. The van der Waals surface area contributed by atoms with E-state index in [0.29, 0.717) is 11.1 Å². The predicted octanol–water partition coefficient (Wildman–Crippen LogP) is 4.40. The number of fused-ring (bicyclic) bond motifs is 1. The van der Waals surface area contributed by atoms with Crippen molar-refractivity contribution < 1.29 is 17.6 Å². The number of benzene rings is 2. The SMILES string of the molecule is Fc1cccc2ncnc(NCc3cccc(C(F)(F)F)c3)c12. The predicted molar refractivity (Wildman–Crippen MR) is 78.3 cm³/mol. The van der Waals surface area contributed by atoms with Crippen LogP contribution in [0.3, 0.4) is 0 Å². The third kappa shape index (κ3) is 3.23. The summed E-state index contributed by atoms with van der Waals surface area (Å²) in [6, 6.07) is 9.38. The zero-order valence-electron chi connectivity index (χ0n) is 11.7. The lowest BCUT2D eigenvalue weighted by molar-refractivity contribution is -0.137. The summed E-state index contributed by atoms with van der Waals surface area (Å²) < 4.78 is 52.0. The van der Waals surface area contributed by atoms with Gasteiger partial charge < -0.3 is 5.32 Å². The summed E-state index contributed by atoms with van der Waals surface area (Å²) >= 11 is 0. The average molecular weight is 321 g/mol. The molecule has 3 nitrogen and oxygen atoms in total. The van der Waals surface area contributed by atoms with E-state index in [1.165, 1.54) is 24.5 Å². The Balaban J connectivity index is 1.87. The summed E-state index contributed by atoms with van der Waals surface area (Å²) in [5.74, 6) is -0.250. The van der Waals surface area contributed by atoms with E-state index in [2.05, 4.69) is 15.3 Å². The first-order valence-corrected chi connectivity index (χ1v) is 6.74. The molecule has 0 fully saturated rings. The van der Waals surface area contributed by atoms with E-state index in [1.807, 2.05) is 0 Å². The number of halogens is 4. The van der Waals surface area contributed by atoms with Crippen molar-refractivity contribution in [1.82, 2.24) is 9.97 Å². The highest BCUT2D eigenvalue weighted by molar-refractivity contribution is 5.89. The molecule has 7 heteroatoms. The number of rotatable bonds is 3. The summed E-state index contributed by atoms with van der Waals surface area (Å²) in [6.07, 6.45) is -3.13. The number of nitrogens with zero attached hydrogens (tertiary/aromatic N) is 2. The Labute approximate surface area is 129 Å². The van der Waals surface area contributed by atoms with Gasteiger partial charge in [-0.15, -0.1) is 0 Å². The Hall–Kier alpha value is -2.70. The molecule has 0 amide bonds. The van der Waals surface area contributed by atoms with E-state index >= 15 is 0 Å². The van der Waals surface area contributed by atoms with E-state index in [0.717, 1.165) is 12.1 Å². The lowest BCUT2D eigenvalue weighted by Crippen LogP contribution is -2.07. The number of alkyl halides is 3. The number of anilines is 1. The highest BCUT2D eigenvalue weighted by atomic mass is 19.4. The molecular formula is C16H11F4N3. The van der Waals surface area contributed by atoms with Gasteiger partial charge in [0.25, 0.3) is 0 Å². The lowest BCUT2D eigenvalue weighted by atomic mass is 10.1. The van der Waals surface area contributed by atoms with Crippen LogP contribution in [0.25, 0.3) is 10.9 Å². The van der Waals surface area contributed by atoms with Crippen LogP contribution in [0.2, 0.25) is 0 Å². The van der Waals surface area contributed by atoms with Gasteiger partial charge in [0.05, 0.1) is 16.5 Å². The zero-order chi connectivity index (χ0) is 16.4. The molecule has 0 saturated carbocycles. The maximum Gasteiger partial charge on any atom is 0.416 e. The first kappa shape index (κ1) is 15.2. The quantitative estimate of drug-likeness (QED) is 0.727. The fraction of sp³-hybridized carbons (Fsp3) is 0.125. The largest absolute Gasteiger partial charge is 0.416 e. The molecule has 23 heavy (non-hydrogen) atoms. The normalized spacial score (nSPS) is 11.7. The Morgan fingerprint density at radius 3 is 2.57 bits per heavy atom. The number of aromatic nitrogens is 2. The fourth-order valence-corrected chi connectivity index (χ4v) is 2.25. The second-order valence-electron chi connectivity index (χ2n) is 4.91. The van der Waals surface area contributed by atoms with Crippen LogP contribution in [0.15, 0.2) is 48.8 Å². The topological polar surface area (TPSA) is 37.8 Å². The molecule has 0 saturated heterocycles. The van der Waals surface area contributed by atoms with Gasteiger partial charge >= 0.3 is 6.18 Å². The summed E-state index contributed by atoms with van der Waals surface area (Å²) in [5, 5.41) is 3.08. The first-order valence-electron chi connectivity index (χ1n) is 6.74. The first-order chi connectivity index (χ1) is 10.9. The second kappa shape index (κ2) is 5.83. The van der Waals surface area contributed by atoms with Gasteiger partial charge in [0.15, 0.2) is 0 Å². The number of nitrogens with one attached hydrogen (secondary N) is 1. The van der Waals surface area contributed by atoms with Crippen molar-refractivity contribution in [2.24, 2.45) is 0 Å². The van der Waals surface area contributed by atoms with Gasteiger partial charge in [-0.25, -0.2) is 14.4 Å². The van der Waals surface area contributed by atoms with Gasteiger partial charge in [-0.1, -0.05) is 18.2 Å². The minimum absolute atomic E-state index is 0.0877. The highest BCUT2D eigenvalue weighted by Gasteiger charge is 2.30. The van der Waals surface area contributed by atoms with Crippen LogP contribution < -0.4 is 5.32 Å². The molecule has 3 aromatic rings. The molecule has 1 N–H and O–H groups in total. The number of hydrogen-bond acceptors (Lipinski definition) is 3. The van der Waals surface area contributed by atoms with Crippen molar-refractivity contribution >= 4 is 16.7 Å². The highest BCUT2D eigenvalue weighted by Crippen LogP contribution is 2.30. The summed E-state index contributed by atoms with van der Waals surface area (Å²) in [6.45, 7) is 0.0877. The fourth-order valence-electron chi connectivity index (χ4n) is 2.25. The minimum atomic E-state index is -4.40. The molecule has 3 rings (SSSR count). The van der Waals surface area contributed by atoms with E-state index in [4.69, 9.17) is 0 Å². The maximum atomic E-state index is 13.9. The van der Waals surface area contributed by atoms with Gasteiger partial charge in [-0.2, -0.15) is 13.2 Å². The van der Waals surface area contributed by atoms with Crippen LogP contribution in [0.5, 0.6) is 0 Å². The lowest BCUT2D eigenvalue weighted by Gasteiger charge is -2.11. The van der Waals surface area contributed by atoms with E-state index < -0.39 is 17.6 Å². The second-order valence-corrected chi connectivity index (χ2v) is 4.91. The summed E-state index contributed by atoms with van der Waals surface area (Å²) in [5.41, 5.74) is 0.116. The van der Waals surface area contributed by atoms with E-state index in [-0.39, 0.29) is 17.7 Å². The molecule has 0 unspecified atom stereocenters. The molecule has 2 aromatic carbocycles. The van der Waals surface area contributed by atoms with Gasteiger partial charge in [0.2, 0.25) is 0 Å². The van der Waals surface area contributed by atoms with E-state index in [1.54, 1.807) is 12.1 Å². The summed E-state index contributed by atoms with van der Waals surface area (Å²) in [4.78, 5) is 7.93. The third-order valence-electron chi connectivity index (χ3n) is 3.33. The van der Waals surface area contributed by atoms with Gasteiger partial charge in [-0.3, -0.25) is 0 Å². The Morgan fingerprint density at radius 1 is 1.00 bits per heavy atom. The molecule has 1 aromatic heterocycles. The van der Waals surface area contributed by atoms with Crippen molar-refractivity contribution in [3.8, 4) is 0 Å². The third-order valence-corrected chi connectivity index (χ3v) is 3.33. The molecular weight excluding hydrogens is 310 g/mol. The smallest absolute Gasteiger partial charge is 0.365 e. The van der Waals surface area contributed by atoms with Gasteiger partial charge in [0, 0.05) is 6.54 Å². The van der Waals surface area contributed by atoms with Crippen molar-refractivity contribution in [2.45, 2.75) is 12.7 Å². The zero-order valence-corrected chi connectivity index (χ0v) is 11.7. The Bertz CT molecular complexity index is 841.